The van der Waals surface area contributed by atoms with Crippen LogP contribution in [0.2, 0.25) is 0 Å². The average molecular weight is 475 g/mol. The number of carbonyl (C=O) groups excluding carboxylic acids is 1. The van der Waals surface area contributed by atoms with E-state index >= 15 is 0 Å². The minimum atomic E-state index is -0.368. The molecule has 0 aromatic heterocycles. The second kappa shape index (κ2) is 7.99. The summed E-state index contributed by atoms with van der Waals surface area (Å²) >= 11 is 0. The number of aryl methyl sites for hydroxylation is 1. The third-order valence-corrected chi connectivity index (χ3v) is 2.47. The fourth-order valence-corrected chi connectivity index (χ4v) is 1.44. The van der Waals surface area contributed by atoms with Crippen molar-refractivity contribution in [1.29, 1.82) is 0 Å². The largest absolute Gasteiger partial charge is 0.432 e. The molecule has 2 aromatic carbocycles. The van der Waals surface area contributed by atoms with Crippen LogP contribution in [-0.2, 0) is 4.74 Å². The normalized spacial score (nSPS) is 9.95. The number of benzene rings is 2. The Balaban J connectivity index is 0.00000180. The fraction of sp³-hybridized carbons (Fsp3) is 0.0625. The van der Waals surface area contributed by atoms with Crippen molar-refractivity contribution in [2.75, 3.05) is 0 Å². The number of carbonyl (C=O) groups is 1. The van der Waals surface area contributed by atoms with E-state index in [1.54, 1.807) is 30.3 Å². The minimum absolute atomic E-state index is 0. The van der Waals surface area contributed by atoms with Gasteiger partial charge >= 0.3 is 5.97 Å². The van der Waals surface area contributed by atoms with Crippen LogP contribution in [0.1, 0.15) is 21.5 Å². The summed E-state index contributed by atoms with van der Waals surface area (Å²) in [5, 5.41) is 0. The fourth-order valence-electron chi connectivity index (χ4n) is 1.44. The molecule has 94 valence electrons. The van der Waals surface area contributed by atoms with E-state index in [1.165, 1.54) is 11.8 Å². The predicted molar refractivity (Wildman–Crippen MR) is 70.9 cm³/mol. The van der Waals surface area contributed by atoms with E-state index in [-0.39, 0.29) is 37.1 Å². The van der Waals surface area contributed by atoms with Gasteiger partial charge in [0.2, 0.25) is 0 Å². The summed E-state index contributed by atoms with van der Waals surface area (Å²) in [6.45, 7) is 2.03. The summed E-state index contributed by atoms with van der Waals surface area (Å²) in [4.78, 5) is 11.6. The average Bonchev–Trinajstić information content (AvgIpc) is 2.42. The number of ether oxygens (including phenoxy) is 1. The summed E-state index contributed by atoms with van der Waals surface area (Å²) in [5.41, 5.74) is 2.71. The first-order chi connectivity index (χ1) is 8.75. The molecule has 0 atom stereocenters. The molecule has 0 aliphatic heterocycles. The van der Waals surface area contributed by atoms with Gasteiger partial charge in [0.25, 0.3) is 0 Å². The molecule has 0 spiro atoms. The van der Waals surface area contributed by atoms with Gasteiger partial charge in [0.15, 0.2) is 0 Å². The summed E-state index contributed by atoms with van der Waals surface area (Å²) in [6.07, 6.45) is 3.16. The molecule has 2 rings (SSSR count). The van der Waals surface area contributed by atoms with Crippen molar-refractivity contribution in [3.8, 4) is 0 Å². The van der Waals surface area contributed by atoms with E-state index in [9.17, 15) is 4.79 Å². The van der Waals surface area contributed by atoms with Gasteiger partial charge < -0.3 is 4.74 Å². The zero-order chi connectivity index (χ0) is 12.8. The van der Waals surface area contributed by atoms with Crippen LogP contribution in [0.5, 0.6) is 0 Å². The quantitative estimate of drug-likeness (QED) is 0.385. The summed E-state index contributed by atoms with van der Waals surface area (Å²) in [7, 11) is 0. The second-order valence-corrected chi connectivity index (χ2v) is 3.91. The Labute approximate surface area is 136 Å². The molecule has 0 aliphatic carbocycles. The Hall–Kier alpha value is -1.30. The minimum Gasteiger partial charge on any atom is -0.432 e. The molecule has 2 nitrogen and oxygen atoms in total. The van der Waals surface area contributed by atoms with E-state index in [0.717, 1.165) is 5.56 Å². The maximum Gasteiger partial charge on any atom is 0.318 e. The van der Waals surface area contributed by atoms with Crippen molar-refractivity contribution in [2.45, 2.75) is 6.92 Å². The topological polar surface area (TPSA) is 26.3 Å². The molecular formula is C16H13O2U-. The van der Waals surface area contributed by atoms with Crippen LogP contribution in [0.4, 0.5) is 0 Å². The van der Waals surface area contributed by atoms with Gasteiger partial charge in [0.1, 0.15) is 0 Å². The predicted octanol–water partition coefficient (Wildman–Crippen LogP) is 3.62. The van der Waals surface area contributed by atoms with Gasteiger partial charge in [0, 0.05) is 31.1 Å². The first-order valence-corrected chi connectivity index (χ1v) is 5.66. The van der Waals surface area contributed by atoms with E-state index < -0.39 is 0 Å². The number of esters is 1. The molecule has 0 aliphatic rings. The monoisotopic (exact) mass is 475 g/mol. The molecule has 0 unspecified atom stereocenters. The Kier molecular flexibility index (Phi) is 6.63. The third kappa shape index (κ3) is 5.06. The molecular weight excluding hydrogens is 462 g/mol. The molecule has 3 heteroatoms. The van der Waals surface area contributed by atoms with Crippen LogP contribution < -0.4 is 0 Å². The molecule has 0 saturated heterocycles. The zero-order valence-electron chi connectivity index (χ0n) is 10.6. The second-order valence-electron chi connectivity index (χ2n) is 3.91. The maximum absolute atomic E-state index is 11.6. The number of rotatable bonds is 3. The number of hydrogen-bond acceptors (Lipinski definition) is 2. The van der Waals surface area contributed by atoms with Crippen LogP contribution >= 0.6 is 0 Å². The molecule has 0 bridgehead atoms. The van der Waals surface area contributed by atoms with Gasteiger partial charge in [-0.05, 0) is 24.1 Å². The van der Waals surface area contributed by atoms with Crippen LogP contribution in [-0.4, -0.2) is 5.97 Å². The van der Waals surface area contributed by atoms with Gasteiger partial charge in [-0.3, -0.25) is 0 Å². The van der Waals surface area contributed by atoms with Crippen molar-refractivity contribution in [1.82, 2.24) is 0 Å². The van der Waals surface area contributed by atoms with Gasteiger partial charge in [-0.25, -0.2) is 4.79 Å². The van der Waals surface area contributed by atoms with Crippen molar-refractivity contribution >= 4 is 12.0 Å². The molecule has 0 heterocycles. The summed E-state index contributed by atoms with van der Waals surface area (Å²) < 4.78 is 5.03. The molecule has 0 fully saturated rings. The van der Waals surface area contributed by atoms with E-state index in [0.29, 0.717) is 5.56 Å². The Morgan fingerprint density at radius 3 is 2.37 bits per heavy atom. The van der Waals surface area contributed by atoms with Gasteiger partial charge in [-0.15, -0.1) is 0 Å². The molecule has 0 N–H and O–H groups in total. The third-order valence-electron chi connectivity index (χ3n) is 2.47. The van der Waals surface area contributed by atoms with Crippen LogP contribution in [0.25, 0.3) is 6.08 Å². The first kappa shape index (κ1) is 15.8. The number of hydrogen-bond donors (Lipinski definition) is 0. The van der Waals surface area contributed by atoms with Crippen LogP contribution in [0.15, 0.2) is 54.8 Å². The standard InChI is InChI=1S/C16H13O2.U/c1-13-7-9-14(10-8-13)11-12-18-16(17)15-5-3-2-4-6-15;/h3-12H,1H3;/q-1;/b12-11-;. The van der Waals surface area contributed by atoms with Crippen molar-refractivity contribution < 1.29 is 40.6 Å². The van der Waals surface area contributed by atoms with Gasteiger partial charge in [-0.1, -0.05) is 29.8 Å². The van der Waals surface area contributed by atoms with Crippen molar-refractivity contribution in [3.63, 3.8) is 0 Å². The van der Waals surface area contributed by atoms with E-state index in [4.69, 9.17) is 4.74 Å². The molecule has 2 aromatic rings. The van der Waals surface area contributed by atoms with Crippen molar-refractivity contribution in [2.24, 2.45) is 0 Å². The van der Waals surface area contributed by atoms with E-state index in [2.05, 4.69) is 6.07 Å². The van der Waals surface area contributed by atoms with Crippen LogP contribution in [0, 0.1) is 44.1 Å². The molecule has 0 amide bonds. The van der Waals surface area contributed by atoms with Crippen molar-refractivity contribution in [3.05, 3.63) is 77.5 Å². The summed E-state index contributed by atoms with van der Waals surface area (Å²) in [5.74, 6) is -0.368. The molecule has 19 heavy (non-hydrogen) atoms. The zero-order valence-corrected chi connectivity index (χ0v) is 14.8. The molecule has 0 saturated carbocycles. The Morgan fingerprint density at radius 2 is 1.74 bits per heavy atom. The Bertz CT molecular complexity index is 545. The van der Waals surface area contributed by atoms with E-state index in [1.807, 2.05) is 31.2 Å². The SMILES string of the molecule is Cc1ccc(/C=C\OC(=O)c2cc[c-]cc2)cc1.[U]. The smallest absolute Gasteiger partial charge is 0.318 e. The van der Waals surface area contributed by atoms with Gasteiger partial charge in [0.05, 0.1) is 6.26 Å². The van der Waals surface area contributed by atoms with Crippen LogP contribution in [0.3, 0.4) is 0 Å². The van der Waals surface area contributed by atoms with Gasteiger partial charge in [-0.2, -0.15) is 30.3 Å². The Morgan fingerprint density at radius 1 is 1.11 bits per heavy atom. The first-order valence-electron chi connectivity index (χ1n) is 5.66. The summed E-state index contributed by atoms with van der Waals surface area (Å²) in [6, 6.07) is 17.5. The molecule has 0 radical (unpaired) electrons. The maximum atomic E-state index is 11.6.